The van der Waals surface area contributed by atoms with E-state index in [1.54, 1.807) is 18.3 Å². The van der Waals surface area contributed by atoms with Gasteiger partial charge >= 0.3 is 0 Å². The van der Waals surface area contributed by atoms with Crippen LogP contribution < -0.4 is 0 Å². The first-order valence-corrected chi connectivity index (χ1v) is 13.4. The summed E-state index contributed by atoms with van der Waals surface area (Å²) in [5.41, 5.74) is 1.03. The molecule has 3 aliphatic rings. The molecule has 7 nitrogen and oxygen atoms in total. The van der Waals surface area contributed by atoms with Gasteiger partial charge in [-0.2, -0.15) is 5.10 Å². The molecule has 2 aromatic rings. The van der Waals surface area contributed by atoms with Gasteiger partial charge in [-0.15, -0.1) is 11.3 Å². The molecule has 2 saturated heterocycles. The van der Waals surface area contributed by atoms with Crippen LogP contribution in [0.1, 0.15) is 73.3 Å². The first-order chi connectivity index (χ1) is 16.0. The number of nitrogens with zero attached hydrogens (tertiary/aromatic N) is 4. The number of hydrogen-bond acceptors (Lipinski definition) is 6. The Morgan fingerprint density at radius 1 is 1.03 bits per heavy atom. The van der Waals surface area contributed by atoms with Gasteiger partial charge in [0.25, 0.3) is 0 Å². The van der Waals surface area contributed by atoms with Crippen LogP contribution in [0.4, 0.5) is 0 Å². The van der Waals surface area contributed by atoms with E-state index in [-0.39, 0.29) is 5.91 Å². The van der Waals surface area contributed by atoms with Gasteiger partial charge in [0.15, 0.2) is 5.78 Å². The molecule has 33 heavy (non-hydrogen) atoms. The normalized spacial score (nSPS) is 25.6. The zero-order valence-corrected chi connectivity index (χ0v) is 20.7. The summed E-state index contributed by atoms with van der Waals surface area (Å²) in [6.07, 6.45) is 7.24. The van der Waals surface area contributed by atoms with E-state index in [2.05, 4.69) is 22.6 Å². The molecule has 0 spiro atoms. The maximum atomic E-state index is 13.2. The minimum Gasteiger partial charge on any atom is -0.381 e. The van der Waals surface area contributed by atoms with Crippen LogP contribution in [0.25, 0.3) is 10.2 Å². The summed E-state index contributed by atoms with van der Waals surface area (Å²) in [5, 5.41) is 5.93. The third kappa shape index (κ3) is 4.88. The summed E-state index contributed by atoms with van der Waals surface area (Å²) in [6.45, 7) is 8.97. The van der Waals surface area contributed by atoms with Gasteiger partial charge in [0, 0.05) is 64.2 Å². The fraction of sp³-hybridized carbons (Fsp3) is 0.720. The fourth-order valence-electron chi connectivity index (χ4n) is 5.87. The molecule has 0 atom stereocenters. The van der Waals surface area contributed by atoms with Crippen molar-refractivity contribution in [2.24, 2.45) is 5.92 Å². The van der Waals surface area contributed by atoms with Crippen LogP contribution in [0.5, 0.6) is 0 Å². The fourth-order valence-corrected chi connectivity index (χ4v) is 7.05. The lowest BCUT2D eigenvalue weighted by atomic mass is 9.82. The molecule has 5 rings (SSSR count). The van der Waals surface area contributed by atoms with Crippen molar-refractivity contribution in [1.82, 2.24) is 19.6 Å². The van der Waals surface area contributed by atoms with Crippen molar-refractivity contribution in [3.05, 3.63) is 16.6 Å². The van der Waals surface area contributed by atoms with Crippen molar-refractivity contribution >= 4 is 33.2 Å². The SMILES string of the molecule is CC(=O)N1CCN(C2CCC(CC(=O)c3cc4c(C)nn(C5CCOCC5)c4s3)CC2)CC1. The Labute approximate surface area is 200 Å². The second kappa shape index (κ2) is 9.84. The van der Waals surface area contributed by atoms with E-state index in [1.165, 1.54) is 12.8 Å². The Kier molecular flexibility index (Phi) is 6.86. The van der Waals surface area contributed by atoms with Gasteiger partial charge in [0.05, 0.1) is 16.6 Å². The average molecular weight is 473 g/mol. The van der Waals surface area contributed by atoms with E-state index < -0.39 is 0 Å². The summed E-state index contributed by atoms with van der Waals surface area (Å²) >= 11 is 1.63. The number of carbonyl (C=O) groups excluding carboxylic acids is 2. The summed E-state index contributed by atoms with van der Waals surface area (Å²) < 4.78 is 7.68. The standard InChI is InChI=1S/C25H36N4O3S/c1-17-22-16-24(33-25(22)29(26-17)21-7-13-32-14-8-21)23(31)15-19-3-5-20(6-4-19)28-11-9-27(10-12-28)18(2)30/h16,19-21H,3-15H2,1-2H3. The van der Waals surface area contributed by atoms with E-state index >= 15 is 0 Å². The number of carbonyl (C=O) groups is 2. The van der Waals surface area contributed by atoms with E-state index in [4.69, 9.17) is 9.84 Å². The summed E-state index contributed by atoms with van der Waals surface area (Å²) in [5.74, 6) is 0.979. The quantitative estimate of drug-likeness (QED) is 0.614. The number of Topliss-reactive ketones (excluding diaryl/α,β-unsaturated/α-hetero) is 1. The summed E-state index contributed by atoms with van der Waals surface area (Å²) in [7, 11) is 0. The second-order valence-corrected chi connectivity index (χ2v) is 11.1. The molecule has 2 aromatic heterocycles. The highest BCUT2D eigenvalue weighted by Gasteiger charge is 2.30. The molecule has 0 N–H and O–H groups in total. The largest absolute Gasteiger partial charge is 0.381 e. The lowest BCUT2D eigenvalue weighted by molar-refractivity contribution is -0.131. The lowest BCUT2D eigenvalue weighted by Gasteiger charge is -2.41. The smallest absolute Gasteiger partial charge is 0.219 e. The van der Waals surface area contributed by atoms with E-state index in [9.17, 15) is 9.59 Å². The van der Waals surface area contributed by atoms with Crippen LogP contribution >= 0.6 is 11.3 Å². The Morgan fingerprint density at radius 3 is 2.39 bits per heavy atom. The number of hydrogen-bond donors (Lipinski definition) is 0. The molecule has 0 radical (unpaired) electrons. The van der Waals surface area contributed by atoms with Gasteiger partial charge in [0.2, 0.25) is 5.91 Å². The van der Waals surface area contributed by atoms with Gasteiger partial charge in [-0.1, -0.05) is 0 Å². The Morgan fingerprint density at radius 2 is 1.73 bits per heavy atom. The highest BCUT2D eigenvalue weighted by Crippen LogP contribution is 2.36. The zero-order valence-electron chi connectivity index (χ0n) is 19.9. The number of ether oxygens (including phenoxy) is 1. The molecule has 0 bridgehead atoms. The summed E-state index contributed by atoms with van der Waals surface area (Å²) in [6, 6.07) is 3.08. The third-order valence-corrected chi connectivity index (χ3v) is 9.11. The first kappa shape index (κ1) is 23.0. The van der Waals surface area contributed by atoms with Crippen molar-refractivity contribution in [2.45, 2.75) is 70.9 Å². The Bertz CT molecular complexity index is 993. The molecule has 1 amide bonds. The maximum Gasteiger partial charge on any atom is 0.219 e. The topological polar surface area (TPSA) is 67.7 Å². The molecular weight excluding hydrogens is 436 g/mol. The molecular formula is C25H36N4O3S. The minimum atomic E-state index is 0.189. The molecule has 4 heterocycles. The highest BCUT2D eigenvalue weighted by atomic mass is 32.1. The van der Waals surface area contributed by atoms with Crippen LogP contribution in [0.15, 0.2) is 6.07 Å². The number of piperazine rings is 1. The monoisotopic (exact) mass is 472 g/mol. The number of aromatic nitrogens is 2. The van der Waals surface area contributed by atoms with E-state index in [0.717, 1.165) is 85.9 Å². The number of aryl methyl sites for hydroxylation is 1. The van der Waals surface area contributed by atoms with Crippen LogP contribution in [0.3, 0.4) is 0 Å². The highest BCUT2D eigenvalue weighted by molar-refractivity contribution is 7.20. The van der Waals surface area contributed by atoms with Crippen LogP contribution in [-0.4, -0.2) is 76.7 Å². The number of ketones is 1. The zero-order chi connectivity index (χ0) is 22.9. The molecule has 3 fully saturated rings. The van der Waals surface area contributed by atoms with Crippen molar-refractivity contribution in [1.29, 1.82) is 0 Å². The Balaban J connectivity index is 1.17. The molecule has 2 aliphatic heterocycles. The van der Waals surface area contributed by atoms with E-state index in [1.807, 2.05) is 4.90 Å². The minimum absolute atomic E-state index is 0.189. The van der Waals surface area contributed by atoms with Gasteiger partial charge in [-0.05, 0) is 57.4 Å². The van der Waals surface area contributed by atoms with E-state index in [0.29, 0.717) is 30.2 Å². The maximum absolute atomic E-state index is 13.2. The van der Waals surface area contributed by atoms with Crippen molar-refractivity contribution in [3.8, 4) is 0 Å². The molecule has 8 heteroatoms. The molecule has 1 saturated carbocycles. The predicted molar refractivity (Wildman–Crippen MR) is 130 cm³/mol. The Hall–Kier alpha value is -1.77. The lowest BCUT2D eigenvalue weighted by Crippen LogP contribution is -2.52. The number of amides is 1. The average Bonchev–Trinajstić information content (AvgIpc) is 3.41. The third-order valence-electron chi connectivity index (χ3n) is 7.95. The second-order valence-electron chi connectivity index (χ2n) is 10.0. The number of thiophene rings is 1. The van der Waals surface area contributed by atoms with Gasteiger partial charge in [0.1, 0.15) is 4.83 Å². The van der Waals surface area contributed by atoms with Gasteiger partial charge in [-0.3, -0.25) is 19.2 Å². The van der Waals surface area contributed by atoms with Crippen molar-refractivity contribution in [2.75, 3.05) is 39.4 Å². The van der Waals surface area contributed by atoms with Crippen LogP contribution in [0.2, 0.25) is 0 Å². The van der Waals surface area contributed by atoms with Crippen LogP contribution in [0, 0.1) is 12.8 Å². The first-order valence-electron chi connectivity index (χ1n) is 12.6. The van der Waals surface area contributed by atoms with Crippen molar-refractivity contribution < 1.29 is 14.3 Å². The van der Waals surface area contributed by atoms with Crippen LogP contribution in [-0.2, 0) is 9.53 Å². The van der Waals surface area contributed by atoms with Gasteiger partial charge < -0.3 is 9.64 Å². The number of rotatable bonds is 5. The molecule has 180 valence electrons. The van der Waals surface area contributed by atoms with Crippen molar-refractivity contribution in [3.63, 3.8) is 0 Å². The molecule has 0 aromatic carbocycles. The predicted octanol–water partition coefficient (Wildman–Crippen LogP) is 4.05. The molecule has 0 unspecified atom stereocenters. The summed E-state index contributed by atoms with van der Waals surface area (Å²) in [4.78, 5) is 31.3. The molecule has 1 aliphatic carbocycles. The number of fused-ring (bicyclic) bond motifs is 1. The van der Waals surface area contributed by atoms with Gasteiger partial charge in [-0.25, -0.2) is 0 Å².